The lowest BCUT2D eigenvalue weighted by molar-refractivity contribution is -0.384. The normalized spacial score (nSPS) is 15.0. The van der Waals surface area contributed by atoms with Crippen LogP contribution in [0.1, 0.15) is 49.8 Å². The zero-order chi connectivity index (χ0) is 20.8. The van der Waals surface area contributed by atoms with Gasteiger partial charge in [0, 0.05) is 12.1 Å². The van der Waals surface area contributed by atoms with Crippen molar-refractivity contribution in [3.8, 4) is 11.5 Å². The molecule has 0 aliphatic heterocycles. The molecule has 1 atom stereocenters. The molecule has 3 rings (SSSR count). The average Bonchev–Trinajstić information content (AvgIpc) is 3.21. The van der Waals surface area contributed by atoms with Crippen molar-refractivity contribution in [2.45, 2.75) is 51.2 Å². The molecule has 0 heterocycles. The standard InChI is InChI=1S/C22H26N2O5/c1-15(23-22(25)13-16-7-10-18(11-8-16)24(26)27)17-9-12-20(21(14-17)28-2)29-19-5-3-4-6-19/h7-12,14-15,19H,3-6,13H2,1-2H3,(H,23,25). The Morgan fingerprint density at radius 3 is 2.48 bits per heavy atom. The number of carbonyl (C=O) groups excluding carboxylic acids is 1. The smallest absolute Gasteiger partial charge is 0.269 e. The molecule has 29 heavy (non-hydrogen) atoms. The van der Waals surface area contributed by atoms with Crippen molar-refractivity contribution >= 4 is 11.6 Å². The molecular formula is C22H26N2O5. The maximum Gasteiger partial charge on any atom is 0.269 e. The Kier molecular flexibility index (Phi) is 6.69. The van der Waals surface area contributed by atoms with Crippen molar-refractivity contribution in [3.05, 3.63) is 63.7 Å². The number of rotatable bonds is 8. The number of non-ortho nitro benzene ring substituents is 1. The molecule has 2 aromatic carbocycles. The summed E-state index contributed by atoms with van der Waals surface area (Å²) in [6.45, 7) is 1.90. The fraction of sp³-hybridized carbons (Fsp3) is 0.409. The first kappa shape index (κ1) is 20.6. The minimum Gasteiger partial charge on any atom is -0.493 e. The number of amides is 1. The highest BCUT2D eigenvalue weighted by atomic mass is 16.6. The summed E-state index contributed by atoms with van der Waals surface area (Å²) in [5.74, 6) is 1.23. The Bertz CT molecular complexity index is 860. The van der Waals surface area contributed by atoms with Gasteiger partial charge >= 0.3 is 0 Å². The average molecular weight is 398 g/mol. The van der Waals surface area contributed by atoms with Crippen molar-refractivity contribution < 1.29 is 19.2 Å². The van der Waals surface area contributed by atoms with Gasteiger partial charge < -0.3 is 14.8 Å². The van der Waals surface area contributed by atoms with Crippen LogP contribution in [0.15, 0.2) is 42.5 Å². The highest BCUT2D eigenvalue weighted by Crippen LogP contribution is 2.33. The van der Waals surface area contributed by atoms with Crippen LogP contribution >= 0.6 is 0 Å². The second kappa shape index (κ2) is 9.41. The number of benzene rings is 2. The molecule has 1 unspecified atom stereocenters. The first-order valence-corrected chi connectivity index (χ1v) is 9.83. The molecule has 1 N–H and O–H groups in total. The van der Waals surface area contributed by atoms with Gasteiger partial charge in [0.2, 0.25) is 5.91 Å². The van der Waals surface area contributed by atoms with Gasteiger partial charge in [-0.1, -0.05) is 18.2 Å². The van der Waals surface area contributed by atoms with Crippen LogP contribution in [0.25, 0.3) is 0 Å². The third kappa shape index (κ3) is 5.47. The second-order valence-corrected chi connectivity index (χ2v) is 7.32. The third-order valence-electron chi connectivity index (χ3n) is 5.17. The van der Waals surface area contributed by atoms with E-state index in [2.05, 4.69) is 5.32 Å². The van der Waals surface area contributed by atoms with E-state index in [-0.39, 0.29) is 30.2 Å². The molecule has 0 aromatic heterocycles. The van der Waals surface area contributed by atoms with Crippen LogP contribution in [0, 0.1) is 10.1 Å². The highest BCUT2D eigenvalue weighted by Gasteiger charge is 2.19. The number of nitrogens with zero attached hydrogens (tertiary/aromatic N) is 1. The molecule has 0 bridgehead atoms. The Morgan fingerprint density at radius 2 is 1.86 bits per heavy atom. The first-order valence-electron chi connectivity index (χ1n) is 9.83. The maximum absolute atomic E-state index is 12.4. The minimum atomic E-state index is -0.459. The SMILES string of the molecule is COc1cc(C(C)NC(=O)Cc2ccc([N+](=O)[O-])cc2)ccc1OC1CCCC1. The van der Waals surface area contributed by atoms with Gasteiger partial charge in [0.25, 0.3) is 5.69 Å². The largest absolute Gasteiger partial charge is 0.493 e. The fourth-order valence-electron chi connectivity index (χ4n) is 3.53. The van der Waals surface area contributed by atoms with E-state index in [1.807, 2.05) is 25.1 Å². The fourth-order valence-corrected chi connectivity index (χ4v) is 3.53. The van der Waals surface area contributed by atoms with Gasteiger partial charge in [0.05, 0.1) is 30.6 Å². The number of nitro benzene ring substituents is 1. The van der Waals surface area contributed by atoms with Gasteiger partial charge in [-0.05, 0) is 55.9 Å². The Balaban J connectivity index is 1.60. The van der Waals surface area contributed by atoms with Crippen molar-refractivity contribution in [2.75, 3.05) is 7.11 Å². The molecule has 1 fully saturated rings. The predicted molar refractivity (Wildman–Crippen MR) is 109 cm³/mol. The third-order valence-corrected chi connectivity index (χ3v) is 5.17. The lowest BCUT2D eigenvalue weighted by Gasteiger charge is -2.19. The Hall–Kier alpha value is -3.09. The number of carbonyl (C=O) groups is 1. The lowest BCUT2D eigenvalue weighted by atomic mass is 10.1. The monoisotopic (exact) mass is 398 g/mol. The Morgan fingerprint density at radius 1 is 1.17 bits per heavy atom. The molecule has 2 aromatic rings. The van der Waals surface area contributed by atoms with E-state index in [0.717, 1.165) is 29.7 Å². The zero-order valence-electron chi connectivity index (χ0n) is 16.7. The van der Waals surface area contributed by atoms with Crippen molar-refractivity contribution in [3.63, 3.8) is 0 Å². The van der Waals surface area contributed by atoms with Crippen molar-refractivity contribution in [1.29, 1.82) is 0 Å². The van der Waals surface area contributed by atoms with Crippen LogP contribution in [-0.2, 0) is 11.2 Å². The zero-order valence-corrected chi connectivity index (χ0v) is 16.7. The minimum absolute atomic E-state index is 0.00883. The number of hydrogen-bond donors (Lipinski definition) is 1. The quantitative estimate of drug-likeness (QED) is 0.527. The summed E-state index contributed by atoms with van der Waals surface area (Å²) in [6, 6.07) is 11.5. The van der Waals surface area contributed by atoms with Gasteiger partial charge in [-0.3, -0.25) is 14.9 Å². The van der Waals surface area contributed by atoms with Gasteiger partial charge in [0.1, 0.15) is 0 Å². The van der Waals surface area contributed by atoms with Crippen molar-refractivity contribution in [2.24, 2.45) is 0 Å². The summed E-state index contributed by atoms with van der Waals surface area (Å²) >= 11 is 0. The number of hydrogen-bond acceptors (Lipinski definition) is 5. The number of nitro groups is 1. The van der Waals surface area contributed by atoms with Crippen LogP contribution in [0.5, 0.6) is 11.5 Å². The highest BCUT2D eigenvalue weighted by molar-refractivity contribution is 5.79. The van der Waals surface area contributed by atoms with E-state index in [0.29, 0.717) is 5.75 Å². The summed E-state index contributed by atoms with van der Waals surface area (Å²) in [4.78, 5) is 22.6. The maximum atomic E-state index is 12.4. The van der Waals surface area contributed by atoms with Gasteiger partial charge in [-0.15, -0.1) is 0 Å². The van der Waals surface area contributed by atoms with Gasteiger partial charge in [-0.2, -0.15) is 0 Å². The molecule has 7 nitrogen and oxygen atoms in total. The molecule has 1 saturated carbocycles. The molecule has 154 valence electrons. The topological polar surface area (TPSA) is 90.7 Å². The van der Waals surface area contributed by atoms with E-state index in [9.17, 15) is 14.9 Å². The molecule has 0 spiro atoms. The molecule has 1 aliphatic rings. The summed E-state index contributed by atoms with van der Waals surface area (Å²) in [5.41, 5.74) is 1.64. The van der Waals surface area contributed by atoms with E-state index in [1.165, 1.54) is 25.0 Å². The van der Waals surface area contributed by atoms with Crippen LogP contribution in [0.3, 0.4) is 0 Å². The number of nitrogens with one attached hydrogen (secondary N) is 1. The second-order valence-electron chi connectivity index (χ2n) is 7.32. The van der Waals surface area contributed by atoms with Crippen LogP contribution in [0.2, 0.25) is 0 Å². The number of ether oxygens (including phenoxy) is 2. The van der Waals surface area contributed by atoms with Crippen LogP contribution in [0.4, 0.5) is 5.69 Å². The first-order chi connectivity index (χ1) is 14.0. The van der Waals surface area contributed by atoms with E-state index in [4.69, 9.17) is 9.47 Å². The lowest BCUT2D eigenvalue weighted by Crippen LogP contribution is -2.28. The molecular weight excluding hydrogens is 372 g/mol. The summed E-state index contributed by atoms with van der Waals surface area (Å²) in [6.07, 6.45) is 4.93. The molecule has 0 radical (unpaired) electrons. The van der Waals surface area contributed by atoms with Crippen molar-refractivity contribution in [1.82, 2.24) is 5.32 Å². The molecule has 7 heteroatoms. The summed E-state index contributed by atoms with van der Waals surface area (Å²) in [7, 11) is 1.61. The summed E-state index contributed by atoms with van der Waals surface area (Å²) in [5, 5.41) is 13.7. The van der Waals surface area contributed by atoms with Crippen LogP contribution in [-0.4, -0.2) is 24.0 Å². The van der Waals surface area contributed by atoms with E-state index in [1.54, 1.807) is 19.2 Å². The van der Waals surface area contributed by atoms with Gasteiger partial charge in [-0.25, -0.2) is 0 Å². The van der Waals surface area contributed by atoms with Crippen LogP contribution < -0.4 is 14.8 Å². The molecule has 1 amide bonds. The summed E-state index contributed by atoms with van der Waals surface area (Å²) < 4.78 is 11.5. The van der Waals surface area contributed by atoms with E-state index < -0.39 is 4.92 Å². The Labute approximate surface area is 170 Å². The molecule has 1 aliphatic carbocycles. The van der Waals surface area contributed by atoms with E-state index >= 15 is 0 Å². The molecule has 0 saturated heterocycles. The van der Waals surface area contributed by atoms with Gasteiger partial charge in [0.15, 0.2) is 11.5 Å². The predicted octanol–water partition coefficient (Wildman–Crippen LogP) is 4.34. The number of methoxy groups -OCH3 is 1.